The Morgan fingerprint density at radius 3 is 2.35 bits per heavy atom. The van der Waals surface area contributed by atoms with Gasteiger partial charge in [-0.2, -0.15) is 0 Å². The van der Waals surface area contributed by atoms with Gasteiger partial charge in [0.2, 0.25) is 23.0 Å². The highest BCUT2D eigenvalue weighted by molar-refractivity contribution is 5.84. The Bertz CT molecular complexity index is 1460. The second-order valence-corrected chi connectivity index (χ2v) is 9.68. The van der Waals surface area contributed by atoms with Gasteiger partial charge >= 0.3 is 0 Å². The molecule has 9 nitrogen and oxygen atoms in total. The highest BCUT2D eigenvalue weighted by Crippen LogP contribution is 2.50. The molecule has 210 valence electrons. The average Bonchev–Trinajstić information content (AvgIpc) is 3.19. The lowest BCUT2D eigenvalue weighted by atomic mass is 9.95. The molecule has 0 spiro atoms. The van der Waals surface area contributed by atoms with E-state index in [9.17, 15) is 14.4 Å². The molecule has 0 fully saturated rings. The summed E-state index contributed by atoms with van der Waals surface area (Å²) in [7, 11) is 6.39. The van der Waals surface area contributed by atoms with Crippen molar-refractivity contribution in [2.24, 2.45) is 0 Å². The molecule has 2 N–H and O–H groups in total. The molecule has 2 amide bonds. The summed E-state index contributed by atoms with van der Waals surface area (Å²) in [6.45, 7) is 1.87. The molecule has 0 saturated carbocycles. The largest absolute Gasteiger partial charge is 0.493 e. The summed E-state index contributed by atoms with van der Waals surface area (Å²) in [5, 5.41) is 6.01. The van der Waals surface area contributed by atoms with Crippen molar-refractivity contribution in [1.82, 2.24) is 10.2 Å². The SMILES string of the molecule is COc1cc2c(c(OC)c1OC)-c1ccc(NCC(=O)N(C)Cc3ccccc3)c(=O)cc1[C@@H](NC(C)=O)CC2. The third-order valence-electron chi connectivity index (χ3n) is 7.03. The molecule has 1 atom stereocenters. The van der Waals surface area contributed by atoms with E-state index in [1.54, 1.807) is 39.3 Å². The molecule has 1 aliphatic carbocycles. The highest BCUT2D eigenvalue weighted by Gasteiger charge is 2.29. The number of rotatable bonds is 9. The molecule has 0 aliphatic heterocycles. The van der Waals surface area contributed by atoms with E-state index in [-0.39, 0.29) is 29.5 Å². The smallest absolute Gasteiger partial charge is 0.241 e. The Morgan fingerprint density at radius 1 is 0.975 bits per heavy atom. The van der Waals surface area contributed by atoms with Gasteiger partial charge in [-0.25, -0.2) is 0 Å². The van der Waals surface area contributed by atoms with Gasteiger partial charge in [0.05, 0.1) is 39.6 Å². The lowest BCUT2D eigenvalue weighted by Gasteiger charge is -2.19. The minimum absolute atomic E-state index is 0.0483. The number of anilines is 1. The van der Waals surface area contributed by atoms with Gasteiger partial charge in [-0.05, 0) is 53.3 Å². The molecule has 0 heterocycles. The van der Waals surface area contributed by atoms with E-state index >= 15 is 0 Å². The van der Waals surface area contributed by atoms with E-state index < -0.39 is 6.04 Å². The van der Waals surface area contributed by atoms with E-state index in [2.05, 4.69) is 10.6 Å². The van der Waals surface area contributed by atoms with Gasteiger partial charge in [0.25, 0.3) is 0 Å². The molecule has 0 aromatic heterocycles. The Balaban J connectivity index is 1.74. The fraction of sp³-hybridized carbons (Fsp3) is 0.323. The quantitative estimate of drug-likeness (QED) is 0.420. The fourth-order valence-corrected chi connectivity index (χ4v) is 5.10. The lowest BCUT2D eigenvalue weighted by molar-refractivity contribution is -0.128. The van der Waals surface area contributed by atoms with Gasteiger partial charge in [0, 0.05) is 26.1 Å². The van der Waals surface area contributed by atoms with Gasteiger partial charge in [0.1, 0.15) is 0 Å². The van der Waals surface area contributed by atoms with Crippen LogP contribution in [0.1, 0.15) is 36.1 Å². The summed E-state index contributed by atoms with van der Waals surface area (Å²) >= 11 is 0. The van der Waals surface area contributed by atoms with Crippen molar-refractivity contribution in [3.05, 3.63) is 81.5 Å². The summed E-state index contributed by atoms with van der Waals surface area (Å²) in [4.78, 5) is 40.0. The van der Waals surface area contributed by atoms with Crippen molar-refractivity contribution in [3.8, 4) is 28.4 Å². The summed E-state index contributed by atoms with van der Waals surface area (Å²) < 4.78 is 17.0. The molecule has 9 heteroatoms. The molecule has 4 rings (SSSR count). The zero-order valence-corrected chi connectivity index (χ0v) is 23.5. The fourth-order valence-electron chi connectivity index (χ4n) is 5.10. The molecule has 3 aromatic rings. The Morgan fingerprint density at radius 2 is 1.70 bits per heavy atom. The van der Waals surface area contributed by atoms with Gasteiger partial charge in [0.15, 0.2) is 11.5 Å². The van der Waals surface area contributed by atoms with Crippen molar-refractivity contribution in [3.63, 3.8) is 0 Å². The van der Waals surface area contributed by atoms with Crippen LogP contribution in [0.5, 0.6) is 17.2 Å². The predicted molar refractivity (Wildman–Crippen MR) is 154 cm³/mol. The predicted octanol–water partition coefficient (Wildman–Crippen LogP) is 3.93. The van der Waals surface area contributed by atoms with E-state index in [1.807, 2.05) is 42.5 Å². The Labute approximate surface area is 234 Å². The van der Waals surface area contributed by atoms with Crippen LogP contribution >= 0.6 is 0 Å². The number of methoxy groups -OCH3 is 3. The van der Waals surface area contributed by atoms with E-state index in [0.717, 1.165) is 22.3 Å². The maximum absolute atomic E-state index is 13.4. The van der Waals surface area contributed by atoms with Gasteiger partial charge < -0.3 is 29.7 Å². The van der Waals surface area contributed by atoms with Crippen LogP contribution in [0.4, 0.5) is 5.69 Å². The minimum atomic E-state index is -0.409. The number of aryl methyl sites for hydroxylation is 1. The summed E-state index contributed by atoms with van der Waals surface area (Å²) in [6, 6.07) is 16.2. The van der Waals surface area contributed by atoms with Crippen molar-refractivity contribution in [2.75, 3.05) is 40.2 Å². The van der Waals surface area contributed by atoms with Gasteiger partial charge in [-0.3, -0.25) is 14.4 Å². The average molecular weight is 546 g/mol. The lowest BCUT2D eigenvalue weighted by Crippen LogP contribution is -2.32. The van der Waals surface area contributed by atoms with Gasteiger partial charge in [-0.15, -0.1) is 0 Å². The van der Waals surface area contributed by atoms with Crippen LogP contribution in [0.2, 0.25) is 0 Å². The molecule has 0 radical (unpaired) electrons. The number of carbonyl (C=O) groups is 2. The monoisotopic (exact) mass is 545 g/mol. The van der Waals surface area contributed by atoms with Crippen molar-refractivity contribution in [2.45, 2.75) is 32.4 Å². The molecule has 0 saturated heterocycles. The first kappa shape index (κ1) is 28.5. The second-order valence-electron chi connectivity index (χ2n) is 9.68. The molecular formula is C31H35N3O6. The van der Waals surface area contributed by atoms with Crippen molar-refractivity contribution in [1.29, 1.82) is 0 Å². The number of carbonyl (C=O) groups excluding carboxylic acids is 2. The standard InChI is InChI=1S/C31H35N3O6/c1-19(35)33-24-13-11-21-15-27(38-3)30(39-4)31(40-5)29(21)22-12-14-25(26(36)16-23(22)24)32-17-28(37)34(2)18-20-9-7-6-8-10-20/h6-10,12,14-16,24H,11,13,17-18H2,1-5H3,(H,32,36)(H,33,35)/t24-/m0/s1. The normalized spacial score (nSPS) is 13.7. The third kappa shape index (κ3) is 6.03. The van der Waals surface area contributed by atoms with Crippen LogP contribution in [-0.2, 0) is 22.6 Å². The maximum atomic E-state index is 13.4. The Kier molecular flexibility index (Phi) is 8.93. The molecule has 0 bridgehead atoms. The van der Waals surface area contributed by atoms with Crippen LogP contribution < -0.4 is 30.3 Å². The Hall–Kier alpha value is -4.53. The topological polar surface area (TPSA) is 106 Å². The minimum Gasteiger partial charge on any atom is -0.493 e. The van der Waals surface area contributed by atoms with Crippen molar-refractivity contribution < 1.29 is 23.8 Å². The first-order valence-electron chi connectivity index (χ1n) is 13.1. The molecule has 1 aliphatic rings. The maximum Gasteiger partial charge on any atom is 0.241 e. The van der Waals surface area contributed by atoms with Crippen LogP contribution in [-0.4, -0.2) is 51.6 Å². The van der Waals surface area contributed by atoms with Crippen LogP contribution in [0.25, 0.3) is 11.1 Å². The zero-order chi connectivity index (χ0) is 28.8. The number of amides is 2. The van der Waals surface area contributed by atoms with Gasteiger partial charge in [-0.1, -0.05) is 36.4 Å². The first-order chi connectivity index (χ1) is 19.3. The number of hydrogen-bond acceptors (Lipinski definition) is 7. The summed E-state index contributed by atoms with van der Waals surface area (Å²) in [5.41, 5.74) is 4.08. The molecule has 40 heavy (non-hydrogen) atoms. The number of likely N-dealkylation sites (N-methyl/N-ethyl adjacent to an activating group) is 1. The summed E-state index contributed by atoms with van der Waals surface area (Å²) in [6.07, 6.45) is 1.17. The van der Waals surface area contributed by atoms with Crippen LogP contribution in [0.3, 0.4) is 0 Å². The van der Waals surface area contributed by atoms with E-state index in [1.165, 1.54) is 13.0 Å². The number of fused-ring (bicyclic) bond motifs is 3. The number of benzene rings is 2. The van der Waals surface area contributed by atoms with E-state index in [0.29, 0.717) is 42.2 Å². The number of nitrogens with one attached hydrogen (secondary N) is 2. The van der Waals surface area contributed by atoms with Crippen LogP contribution in [0, 0.1) is 0 Å². The van der Waals surface area contributed by atoms with Crippen LogP contribution in [0.15, 0.2) is 59.4 Å². The van der Waals surface area contributed by atoms with Crippen molar-refractivity contribution >= 4 is 17.5 Å². The number of hydrogen-bond donors (Lipinski definition) is 2. The molecular weight excluding hydrogens is 510 g/mol. The third-order valence-corrected chi connectivity index (χ3v) is 7.03. The first-order valence-corrected chi connectivity index (χ1v) is 13.1. The molecule has 3 aromatic carbocycles. The highest BCUT2D eigenvalue weighted by atomic mass is 16.5. The number of nitrogens with zero attached hydrogens (tertiary/aromatic N) is 1. The van der Waals surface area contributed by atoms with E-state index in [4.69, 9.17) is 14.2 Å². The summed E-state index contributed by atoms with van der Waals surface area (Å²) in [5.74, 6) is 1.09. The zero-order valence-electron chi connectivity index (χ0n) is 23.5. The second kappa shape index (κ2) is 12.5. The molecule has 0 unspecified atom stereocenters. The number of ether oxygens (including phenoxy) is 3.